The van der Waals surface area contributed by atoms with Gasteiger partial charge >= 0.3 is 5.97 Å². The van der Waals surface area contributed by atoms with Gasteiger partial charge < -0.3 is 5.11 Å². The molecule has 0 aliphatic heterocycles. The second-order valence-electron chi connectivity index (χ2n) is 3.66. The fourth-order valence-electron chi connectivity index (χ4n) is 1.40. The monoisotopic (exact) mass is 351 g/mol. The molecule has 0 amide bonds. The number of anilines is 1. The predicted molar refractivity (Wildman–Crippen MR) is 78.5 cm³/mol. The molecule has 5 nitrogen and oxygen atoms in total. The molecule has 2 rings (SSSR count). The van der Waals surface area contributed by atoms with E-state index in [-0.39, 0.29) is 20.5 Å². The van der Waals surface area contributed by atoms with Crippen LogP contribution in [0.4, 0.5) is 5.69 Å². The van der Waals surface area contributed by atoms with E-state index in [1.807, 2.05) is 0 Å². The first-order chi connectivity index (χ1) is 9.29. The van der Waals surface area contributed by atoms with Gasteiger partial charge in [0.05, 0.1) is 14.9 Å². The molecule has 20 heavy (non-hydrogen) atoms. The number of sulfonamides is 1. The molecule has 0 atom stereocenters. The quantitative estimate of drug-likeness (QED) is 0.881. The standard InChI is InChI=1S/C11H7Cl2NO4S2/c12-8-2-1-6(5-7(8)11(15)16)14-20(17,18)10-4-3-9(13)19-10/h1-5,14H,(H,15,16). The maximum Gasteiger partial charge on any atom is 0.337 e. The summed E-state index contributed by atoms with van der Waals surface area (Å²) in [5.74, 6) is -1.24. The summed E-state index contributed by atoms with van der Waals surface area (Å²) >= 11 is 12.3. The third-order valence-electron chi connectivity index (χ3n) is 2.26. The molecule has 2 N–H and O–H groups in total. The summed E-state index contributed by atoms with van der Waals surface area (Å²) in [6.07, 6.45) is 0. The van der Waals surface area contributed by atoms with Crippen molar-refractivity contribution in [1.29, 1.82) is 0 Å². The van der Waals surface area contributed by atoms with E-state index in [1.165, 1.54) is 24.3 Å². The van der Waals surface area contributed by atoms with E-state index in [2.05, 4.69) is 4.72 Å². The van der Waals surface area contributed by atoms with E-state index >= 15 is 0 Å². The summed E-state index contributed by atoms with van der Waals surface area (Å²) in [7, 11) is -3.80. The summed E-state index contributed by atoms with van der Waals surface area (Å²) in [6, 6.07) is 6.66. The number of hydrogen-bond acceptors (Lipinski definition) is 4. The fraction of sp³-hybridized carbons (Fsp3) is 0. The van der Waals surface area contributed by atoms with Crippen LogP contribution in [0.2, 0.25) is 9.36 Å². The van der Waals surface area contributed by atoms with Gasteiger partial charge in [-0.2, -0.15) is 0 Å². The third-order valence-corrected chi connectivity index (χ3v) is 5.70. The number of nitrogens with one attached hydrogen (secondary N) is 1. The molecule has 1 aromatic heterocycles. The minimum Gasteiger partial charge on any atom is -0.478 e. The van der Waals surface area contributed by atoms with E-state index in [4.69, 9.17) is 28.3 Å². The van der Waals surface area contributed by atoms with E-state index in [0.29, 0.717) is 4.34 Å². The van der Waals surface area contributed by atoms with Crippen LogP contribution < -0.4 is 4.72 Å². The van der Waals surface area contributed by atoms with Crippen LogP contribution in [0.5, 0.6) is 0 Å². The molecule has 0 saturated carbocycles. The Kier molecular flexibility index (Phi) is 4.24. The molecule has 1 heterocycles. The van der Waals surface area contributed by atoms with Crippen LogP contribution in [0.25, 0.3) is 0 Å². The molecule has 0 unspecified atom stereocenters. The molecule has 0 aliphatic rings. The number of carboxylic acid groups (broad SMARTS) is 1. The van der Waals surface area contributed by atoms with Gasteiger partial charge in [-0.1, -0.05) is 23.2 Å². The minimum absolute atomic E-state index is 0.0274. The van der Waals surface area contributed by atoms with E-state index in [9.17, 15) is 13.2 Å². The number of thiophene rings is 1. The first-order valence-corrected chi connectivity index (χ1v) is 8.16. The van der Waals surface area contributed by atoms with Gasteiger partial charge in [-0.05, 0) is 30.3 Å². The maximum atomic E-state index is 12.0. The van der Waals surface area contributed by atoms with Crippen molar-refractivity contribution in [3.05, 3.63) is 45.3 Å². The number of hydrogen-bond donors (Lipinski definition) is 2. The van der Waals surface area contributed by atoms with Gasteiger partial charge in [-0.3, -0.25) is 4.72 Å². The van der Waals surface area contributed by atoms with Gasteiger partial charge in [-0.25, -0.2) is 13.2 Å². The SMILES string of the molecule is O=C(O)c1cc(NS(=O)(=O)c2ccc(Cl)s2)ccc1Cl. The van der Waals surface area contributed by atoms with Crippen LogP contribution in [-0.2, 0) is 10.0 Å². The molecule has 0 radical (unpaired) electrons. The molecule has 0 aliphatic carbocycles. The molecule has 0 fully saturated rings. The lowest BCUT2D eigenvalue weighted by Gasteiger charge is -2.07. The average Bonchev–Trinajstić information content (AvgIpc) is 2.78. The number of rotatable bonds is 4. The summed E-state index contributed by atoms with van der Waals surface area (Å²) < 4.78 is 26.7. The molecule has 9 heteroatoms. The van der Waals surface area contributed by atoms with Crippen molar-refractivity contribution < 1.29 is 18.3 Å². The second-order valence-corrected chi connectivity index (χ2v) is 7.70. The average molecular weight is 352 g/mol. The van der Waals surface area contributed by atoms with Crippen LogP contribution in [0.15, 0.2) is 34.5 Å². The van der Waals surface area contributed by atoms with E-state index < -0.39 is 16.0 Å². The molecule has 0 saturated heterocycles. The van der Waals surface area contributed by atoms with Gasteiger partial charge in [0.25, 0.3) is 10.0 Å². The van der Waals surface area contributed by atoms with Gasteiger partial charge in [0.1, 0.15) is 4.21 Å². The molecular weight excluding hydrogens is 345 g/mol. The zero-order valence-electron chi connectivity index (χ0n) is 9.63. The second kappa shape index (κ2) is 5.61. The van der Waals surface area contributed by atoms with Crippen molar-refractivity contribution in [2.75, 3.05) is 4.72 Å². The zero-order chi connectivity index (χ0) is 14.9. The Morgan fingerprint density at radius 1 is 1.20 bits per heavy atom. The van der Waals surface area contributed by atoms with Gasteiger partial charge in [-0.15, -0.1) is 11.3 Å². The number of carbonyl (C=O) groups is 1. The lowest BCUT2D eigenvalue weighted by molar-refractivity contribution is 0.0697. The lowest BCUT2D eigenvalue weighted by Crippen LogP contribution is -2.12. The van der Waals surface area contributed by atoms with Crippen LogP contribution in [-0.4, -0.2) is 19.5 Å². The van der Waals surface area contributed by atoms with Gasteiger partial charge in [0, 0.05) is 5.69 Å². The van der Waals surface area contributed by atoms with Crippen molar-refractivity contribution in [2.24, 2.45) is 0 Å². The number of benzene rings is 1. The lowest BCUT2D eigenvalue weighted by atomic mass is 10.2. The fourth-order valence-corrected chi connectivity index (χ4v) is 4.13. The molecular formula is C11H7Cl2NO4S2. The molecule has 0 spiro atoms. The zero-order valence-corrected chi connectivity index (χ0v) is 12.8. The van der Waals surface area contributed by atoms with Crippen LogP contribution in [0, 0.1) is 0 Å². The van der Waals surface area contributed by atoms with Crippen molar-refractivity contribution in [3.8, 4) is 0 Å². The van der Waals surface area contributed by atoms with Crippen LogP contribution in [0.3, 0.4) is 0 Å². The van der Waals surface area contributed by atoms with E-state index in [1.54, 1.807) is 0 Å². The minimum atomic E-state index is -3.80. The molecule has 1 aromatic carbocycles. The highest BCUT2D eigenvalue weighted by Gasteiger charge is 2.18. The Morgan fingerprint density at radius 2 is 1.90 bits per heavy atom. The Morgan fingerprint density at radius 3 is 2.45 bits per heavy atom. The molecule has 2 aromatic rings. The molecule has 0 bridgehead atoms. The number of halogens is 2. The third kappa shape index (κ3) is 3.24. The van der Waals surface area contributed by atoms with Crippen molar-refractivity contribution in [1.82, 2.24) is 0 Å². The molecule has 106 valence electrons. The summed E-state index contributed by atoms with van der Waals surface area (Å²) in [5, 5.41) is 8.96. The van der Waals surface area contributed by atoms with Crippen molar-refractivity contribution >= 4 is 56.2 Å². The Balaban J connectivity index is 2.35. The Bertz CT molecular complexity index is 770. The highest BCUT2D eigenvalue weighted by Crippen LogP contribution is 2.28. The summed E-state index contributed by atoms with van der Waals surface area (Å²) in [5.41, 5.74) is -0.0765. The highest BCUT2D eigenvalue weighted by molar-refractivity contribution is 7.94. The van der Waals surface area contributed by atoms with Crippen molar-refractivity contribution in [3.63, 3.8) is 0 Å². The highest BCUT2D eigenvalue weighted by atomic mass is 35.5. The normalized spacial score (nSPS) is 11.3. The van der Waals surface area contributed by atoms with Crippen LogP contribution in [0.1, 0.15) is 10.4 Å². The van der Waals surface area contributed by atoms with Gasteiger partial charge in [0.15, 0.2) is 0 Å². The van der Waals surface area contributed by atoms with Crippen LogP contribution >= 0.6 is 34.5 Å². The number of aromatic carboxylic acids is 1. The van der Waals surface area contributed by atoms with E-state index in [0.717, 1.165) is 17.4 Å². The smallest absolute Gasteiger partial charge is 0.337 e. The summed E-state index contributed by atoms with van der Waals surface area (Å²) in [6.45, 7) is 0. The largest absolute Gasteiger partial charge is 0.478 e. The van der Waals surface area contributed by atoms with Crippen molar-refractivity contribution in [2.45, 2.75) is 4.21 Å². The Hall–Kier alpha value is -1.28. The Labute approximate surface area is 128 Å². The number of carboxylic acids is 1. The predicted octanol–water partition coefficient (Wildman–Crippen LogP) is 3.55. The first-order valence-electron chi connectivity index (χ1n) is 5.10. The topological polar surface area (TPSA) is 83.5 Å². The first kappa shape index (κ1) is 15.1. The maximum absolute atomic E-state index is 12.0. The van der Waals surface area contributed by atoms with Gasteiger partial charge in [0.2, 0.25) is 0 Å². The summed E-state index contributed by atoms with van der Waals surface area (Å²) in [4.78, 5) is 10.9.